The molecule has 0 unspecified atom stereocenters. The van der Waals surface area contributed by atoms with Crippen molar-refractivity contribution in [2.45, 2.75) is 51.5 Å². The fourth-order valence-corrected chi connectivity index (χ4v) is 4.34. The molecule has 1 heterocycles. The molecule has 6 nitrogen and oxygen atoms in total. The molecule has 1 saturated carbocycles. The van der Waals surface area contributed by atoms with Crippen LogP contribution in [0, 0.1) is 6.92 Å². The van der Waals surface area contributed by atoms with Gasteiger partial charge in [-0.05, 0) is 38.3 Å². The van der Waals surface area contributed by atoms with Gasteiger partial charge in [-0.3, -0.25) is 4.79 Å². The van der Waals surface area contributed by atoms with Gasteiger partial charge in [-0.2, -0.15) is 0 Å². The molecular formula is C21H25Cl2NO5. The molecule has 8 heteroatoms. The average Bonchev–Trinajstić information content (AvgIpc) is 2.95. The van der Waals surface area contributed by atoms with Crippen molar-refractivity contribution in [1.29, 1.82) is 0 Å². The molecule has 0 radical (unpaired) electrons. The third kappa shape index (κ3) is 4.55. The van der Waals surface area contributed by atoms with Crippen LogP contribution in [0.4, 0.5) is 4.79 Å². The molecule has 1 spiro atoms. The maximum atomic E-state index is 13.0. The van der Waals surface area contributed by atoms with Crippen molar-refractivity contribution in [3.05, 3.63) is 39.1 Å². The molecule has 1 fully saturated rings. The fourth-order valence-electron chi connectivity index (χ4n) is 3.88. The number of hydrogen-bond acceptors (Lipinski definition) is 5. The Morgan fingerprint density at radius 2 is 1.90 bits per heavy atom. The van der Waals surface area contributed by atoms with Gasteiger partial charge in [-0.15, -0.1) is 0 Å². The van der Waals surface area contributed by atoms with E-state index in [0.29, 0.717) is 40.6 Å². The number of hydrogen-bond donors (Lipinski definition) is 1. The van der Waals surface area contributed by atoms with E-state index in [9.17, 15) is 9.59 Å². The molecule has 1 aromatic rings. The van der Waals surface area contributed by atoms with Crippen molar-refractivity contribution in [3.63, 3.8) is 0 Å². The number of nitrogens with one attached hydrogen (secondary N) is 1. The lowest BCUT2D eigenvalue weighted by molar-refractivity contribution is -0.116. The van der Waals surface area contributed by atoms with Gasteiger partial charge in [0.1, 0.15) is 6.61 Å². The van der Waals surface area contributed by atoms with E-state index in [1.165, 1.54) is 0 Å². The summed E-state index contributed by atoms with van der Waals surface area (Å²) in [4.78, 5) is 25.3. The molecule has 0 aromatic heterocycles. The molecule has 1 aliphatic heterocycles. The van der Waals surface area contributed by atoms with Gasteiger partial charge in [0, 0.05) is 17.2 Å². The summed E-state index contributed by atoms with van der Waals surface area (Å²) in [5.41, 5.74) is 0.693. The van der Waals surface area contributed by atoms with Gasteiger partial charge < -0.3 is 19.5 Å². The maximum Gasteiger partial charge on any atom is 0.513 e. The van der Waals surface area contributed by atoms with Crippen molar-refractivity contribution >= 4 is 40.8 Å². The molecule has 1 aromatic carbocycles. The minimum atomic E-state index is -0.861. The molecule has 2 aliphatic rings. The van der Waals surface area contributed by atoms with E-state index in [2.05, 4.69) is 5.32 Å². The second-order valence-electron chi connectivity index (χ2n) is 7.23. The summed E-state index contributed by atoms with van der Waals surface area (Å²) in [6, 6.07) is 3.36. The molecule has 1 amide bonds. The number of ether oxygens (including phenoxy) is 3. The van der Waals surface area contributed by atoms with Gasteiger partial charge in [-0.1, -0.05) is 48.5 Å². The Balaban J connectivity index is 1.98. The maximum absolute atomic E-state index is 13.0. The first-order chi connectivity index (χ1) is 13.9. The molecule has 158 valence electrons. The van der Waals surface area contributed by atoms with Gasteiger partial charge in [0.05, 0.1) is 22.7 Å². The minimum absolute atomic E-state index is 0.0739. The lowest BCUT2D eigenvalue weighted by Gasteiger charge is -2.34. The van der Waals surface area contributed by atoms with Crippen LogP contribution in [0.25, 0.3) is 5.57 Å². The van der Waals surface area contributed by atoms with E-state index in [0.717, 1.165) is 19.3 Å². The van der Waals surface area contributed by atoms with Gasteiger partial charge >= 0.3 is 6.16 Å². The summed E-state index contributed by atoms with van der Waals surface area (Å²) < 4.78 is 15.9. The molecule has 1 aliphatic carbocycles. The van der Waals surface area contributed by atoms with Crippen LogP contribution in [-0.4, -0.2) is 37.4 Å². The Hall–Kier alpha value is -1.76. The van der Waals surface area contributed by atoms with E-state index in [4.69, 9.17) is 37.4 Å². The largest absolute Gasteiger partial charge is 0.513 e. The Morgan fingerprint density at radius 1 is 1.17 bits per heavy atom. The summed E-state index contributed by atoms with van der Waals surface area (Å²) in [7, 11) is 0. The Kier molecular flexibility index (Phi) is 7.09. The lowest BCUT2D eigenvalue weighted by Crippen LogP contribution is -2.46. The first-order valence-corrected chi connectivity index (χ1v) is 10.6. The molecule has 0 saturated heterocycles. The highest BCUT2D eigenvalue weighted by Crippen LogP contribution is 2.45. The molecule has 1 N–H and O–H groups in total. The van der Waals surface area contributed by atoms with Crippen LogP contribution in [0.1, 0.15) is 50.2 Å². The fraction of sp³-hybridized carbons (Fsp3) is 0.524. The zero-order chi connectivity index (χ0) is 21.0. The van der Waals surface area contributed by atoms with E-state index in [1.54, 1.807) is 19.1 Å². The van der Waals surface area contributed by atoms with E-state index in [-0.39, 0.29) is 30.5 Å². The van der Waals surface area contributed by atoms with Crippen LogP contribution in [0.15, 0.2) is 17.9 Å². The van der Waals surface area contributed by atoms with E-state index >= 15 is 0 Å². The third-order valence-electron chi connectivity index (χ3n) is 5.38. The number of halogens is 2. The Morgan fingerprint density at radius 3 is 2.59 bits per heavy atom. The van der Waals surface area contributed by atoms with Crippen LogP contribution in [-0.2, 0) is 19.0 Å². The topological polar surface area (TPSA) is 73.9 Å². The van der Waals surface area contributed by atoms with Crippen LogP contribution in [0.2, 0.25) is 10.0 Å². The van der Waals surface area contributed by atoms with Gasteiger partial charge in [0.15, 0.2) is 5.76 Å². The van der Waals surface area contributed by atoms with Crippen molar-refractivity contribution in [1.82, 2.24) is 5.32 Å². The number of carbonyl (C=O) groups excluding carboxylic acids is 2. The van der Waals surface area contributed by atoms with Crippen molar-refractivity contribution in [2.75, 3.05) is 19.8 Å². The minimum Gasteiger partial charge on any atom is -0.432 e. The number of benzene rings is 1. The Labute approximate surface area is 180 Å². The summed E-state index contributed by atoms with van der Waals surface area (Å²) in [6.07, 6.45) is 3.43. The van der Waals surface area contributed by atoms with Crippen LogP contribution < -0.4 is 5.32 Å². The predicted octanol–water partition coefficient (Wildman–Crippen LogP) is 5.04. The van der Waals surface area contributed by atoms with Crippen LogP contribution in [0.5, 0.6) is 0 Å². The van der Waals surface area contributed by atoms with E-state index in [1.807, 2.05) is 6.92 Å². The summed E-state index contributed by atoms with van der Waals surface area (Å²) in [5.74, 6) is -0.0279. The molecule has 3 rings (SSSR count). The first kappa shape index (κ1) is 21.9. The van der Waals surface area contributed by atoms with Gasteiger partial charge in [-0.25, -0.2) is 4.79 Å². The standard InChI is InChI=1S/C21H25Cl2NO5/c1-3-27-11-12-28-20(26)29-18-16(14-7-8-15(22)13(2)17(14)23)19(25)24-21(18)9-5-4-6-10-21/h7-8H,3-6,9-12H2,1-2H3,(H,24,25). The summed E-state index contributed by atoms with van der Waals surface area (Å²) in [5, 5.41) is 3.91. The molecule has 29 heavy (non-hydrogen) atoms. The van der Waals surface area contributed by atoms with Crippen LogP contribution in [0.3, 0.4) is 0 Å². The zero-order valence-corrected chi connectivity index (χ0v) is 18.1. The number of carbonyl (C=O) groups is 2. The molecular weight excluding hydrogens is 417 g/mol. The number of rotatable bonds is 6. The second-order valence-corrected chi connectivity index (χ2v) is 8.02. The quantitative estimate of drug-likeness (QED) is 0.494. The monoisotopic (exact) mass is 441 g/mol. The van der Waals surface area contributed by atoms with Crippen LogP contribution >= 0.6 is 23.2 Å². The summed E-state index contributed by atoms with van der Waals surface area (Å²) in [6.45, 7) is 4.52. The average molecular weight is 442 g/mol. The normalized spacial score (nSPS) is 18.1. The summed E-state index contributed by atoms with van der Waals surface area (Å²) >= 11 is 12.7. The van der Waals surface area contributed by atoms with Gasteiger partial charge in [0.25, 0.3) is 5.91 Å². The lowest BCUT2D eigenvalue weighted by atomic mass is 9.80. The second kappa shape index (κ2) is 9.37. The van der Waals surface area contributed by atoms with Crippen molar-refractivity contribution < 1.29 is 23.8 Å². The highest BCUT2D eigenvalue weighted by Gasteiger charge is 2.49. The molecule has 0 bridgehead atoms. The van der Waals surface area contributed by atoms with Crippen molar-refractivity contribution in [3.8, 4) is 0 Å². The highest BCUT2D eigenvalue weighted by molar-refractivity contribution is 6.39. The van der Waals surface area contributed by atoms with Crippen molar-refractivity contribution in [2.24, 2.45) is 0 Å². The molecule has 0 atom stereocenters. The highest BCUT2D eigenvalue weighted by atomic mass is 35.5. The zero-order valence-electron chi connectivity index (χ0n) is 16.6. The first-order valence-electron chi connectivity index (χ1n) is 9.84. The van der Waals surface area contributed by atoms with Gasteiger partial charge in [0.2, 0.25) is 0 Å². The van der Waals surface area contributed by atoms with E-state index < -0.39 is 11.7 Å². The predicted molar refractivity (Wildman–Crippen MR) is 111 cm³/mol. The third-order valence-corrected chi connectivity index (χ3v) is 6.27. The number of amides is 1. The smallest absolute Gasteiger partial charge is 0.432 e. The SMILES string of the molecule is CCOCCOC(=O)OC1=C(c2ccc(Cl)c(C)c2Cl)C(=O)NC12CCCCC2. The Bertz CT molecular complexity index is 831.